The fraction of sp³-hybridized carbons (Fsp3) is 0.474. The van der Waals surface area contributed by atoms with Crippen molar-refractivity contribution in [2.45, 2.75) is 45.7 Å². The van der Waals surface area contributed by atoms with Crippen LogP contribution in [0.3, 0.4) is 0 Å². The third-order valence-electron chi connectivity index (χ3n) is 4.56. The number of Topliss-reactive ketones (excluding diaryl/α,β-unsaturated/α-hetero) is 1. The maximum atomic E-state index is 12.1. The Bertz CT molecular complexity index is 831. The number of aryl methyl sites for hydroxylation is 1. The highest BCUT2D eigenvalue weighted by molar-refractivity contribution is 5.94. The Morgan fingerprint density at radius 3 is 2.81 bits per heavy atom. The summed E-state index contributed by atoms with van der Waals surface area (Å²) >= 11 is 0. The molecule has 0 aliphatic carbocycles. The van der Waals surface area contributed by atoms with Crippen LogP contribution in [0.4, 0.5) is 0 Å². The summed E-state index contributed by atoms with van der Waals surface area (Å²) in [6, 6.07) is 4.87. The van der Waals surface area contributed by atoms with Crippen molar-refractivity contribution in [2.75, 3.05) is 13.7 Å². The van der Waals surface area contributed by atoms with Crippen LogP contribution in [0.25, 0.3) is 0 Å². The average Bonchev–Trinajstić information content (AvgIpc) is 2.90. The Morgan fingerprint density at radius 1 is 1.19 bits per heavy atom. The van der Waals surface area contributed by atoms with Gasteiger partial charge in [-0.15, -0.1) is 10.2 Å². The van der Waals surface area contributed by atoms with Gasteiger partial charge in [0.25, 0.3) is 5.91 Å². The SMILES string of the molecule is COc1cc(C(C)=O)ccc1OCC(=O)NCc1nnc2n1CCCCC2. The highest BCUT2D eigenvalue weighted by Gasteiger charge is 2.15. The first-order chi connectivity index (χ1) is 13.1. The first-order valence-corrected chi connectivity index (χ1v) is 9.08. The molecule has 0 bridgehead atoms. The van der Waals surface area contributed by atoms with E-state index in [9.17, 15) is 9.59 Å². The molecule has 1 amide bonds. The summed E-state index contributed by atoms with van der Waals surface area (Å²) in [5.74, 6) is 2.25. The molecule has 1 aliphatic heterocycles. The molecule has 27 heavy (non-hydrogen) atoms. The number of aromatic nitrogens is 3. The van der Waals surface area contributed by atoms with Gasteiger partial charge in [-0.05, 0) is 38.0 Å². The van der Waals surface area contributed by atoms with Gasteiger partial charge in [-0.3, -0.25) is 9.59 Å². The molecule has 0 saturated carbocycles. The lowest BCUT2D eigenvalue weighted by Gasteiger charge is -2.12. The molecule has 0 saturated heterocycles. The predicted octanol–water partition coefficient (Wildman–Crippen LogP) is 1.91. The molecule has 2 aromatic rings. The van der Waals surface area contributed by atoms with E-state index in [1.54, 1.807) is 18.2 Å². The van der Waals surface area contributed by atoms with Crippen LogP contribution in [-0.4, -0.2) is 40.2 Å². The monoisotopic (exact) mass is 372 g/mol. The number of amides is 1. The summed E-state index contributed by atoms with van der Waals surface area (Å²) in [7, 11) is 1.49. The fourth-order valence-corrected chi connectivity index (χ4v) is 3.05. The van der Waals surface area contributed by atoms with E-state index in [1.165, 1.54) is 20.5 Å². The summed E-state index contributed by atoms with van der Waals surface area (Å²) in [6.07, 6.45) is 4.35. The Labute approximate surface area is 157 Å². The van der Waals surface area contributed by atoms with E-state index in [-0.39, 0.29) is 18.3 Å². The van der Waals surface area contributed by atoms with Crippen LogP contribution in [0.2, 0.25) is 0 Å². The van der Waals surface area contributed by atoms with E-state index < -0.39 is 0 Å². The summed E-state index contributed by atoms with van der Waals surface area (Å²) < 4.78 is 12.9. The van der Waals surface area contributed by atoms with Crippen LogP contribution in [0.1, 0.15) is 48.2 Å². The highest BCUT2D eigenvalue weighted by atomic mass is 16.5. The van der Waals surface area contributed by atoms with Gasteiger partial charge in [0.1, 0.15) is 5.82 Å². The number of ketones is 1. The normalized spacial score (nSPS) is 13.4. The third-order valence-corrected chi connectivity index (χ3v) is 4.56. The summed E-state index contributed by atoms with van der Waals surface area (Å²) in [5.41, 5.74) is 0.524. The lowest BCUT2D eigenvalue weighted by molar-refractivity contribution is -0.123. The Hall–Kier alpha value is -2.90. The number of methoxy groups -OCH3 is 1. The zero-order valence-corrected chi connectivity index (χ0v) is 15.7. The topological polar surface area (TPSA) is 95.3 Å². The van der Waals surface area contributed by atoms with Crippen LogP contribution in [0.15, 0.2) is 18.2 Å². The van der Waals surface area contributed by atoms with Gasteiger partial charge in [-0.25, -0.2) is 0 Å². The smallest absolute Gasteiger partial charge is 0.258 e. The molecule has 0 spiro atoms. The largest absolute Gasteiger partial charge is 0.493 e. The van der Waals surface area contributed by atoms with Crippen molar-refractivity contribution in [1.82, 2.24) is 20.1 Å². The number of hydrogen-bond donors (Lipinski definition) is 1. The van der Waals surface area contributed by atoms with Gasteiger partial charge in [0.15, 0.2) is 29.7 Å². The van der Waals surface area contributed by atoms with Crippen molar-refractivity contribution >= 4 is 11.7 Å². The number of rotatable bonds is 7. The van der Waals surface area contributed by atoms with Gasteiger partial charge in [0, 0.05) is 18.5 Å². The summed E-state index contributed by atoms with van der Waals surface area (Å²) in [5, 5.41) is 11.2. The van der Waals surface area contributed by atoms with Crippen molar-refractivity contribution in [1.29, 1.82) is 0 Å². The Balaban J connectivity index is 1.55. The quantitative estimate of drug-likeness (QED) is 0.746. The van der Waals surface area contributed by atoms with Gasteiger partial charge in [0.05, 0.1) is 13.7 Å². The van der Waals surface area contributed by atoms with Crippen LogP contribution >= 0.6 is 0 Å². The minimum Gasteiger partial charge on any atom is -0.493 e. The van der Waals surface area contributed by atoms with Crippen molar-refractivity contribution in [3.63, 3.8) is 0 Å². The van der Waals surface area contributed by atoms with Crippen LogP contribution < -0.4 is 14.8 Å². The van der Waals surface area contributed by atoms with E-state index in [4.69, 9.17) is 9.47 Å². The molecular weight excluding hydrogens is 348 g/mol. The molecule has 8 heteroatoms. The fourth-order valence-electron chi connectivity index (χ4n) is 3.05. The van der Waals surface area contributed by atoms with Gasteiger partial charge < -0.3 is 19.4 Å². The maximum absolute atomic E-state index is 12.1. The molecule has 3 rings (SSSR count). The van der Waals surface area contributed by atoms with Gasteiger partial charge in [0.2, 0.25) is 0 Å². The van der Waals surface area contributed by atoms with Gasteiger partial charge in [-0.1, -0.05) is 6.42 Å². The van der Waals surface area contributed by atoms with Crippen molar-refractivity contribution in [3.05, 3.63) is 35.4 Å². The van der Waals surface area contributed by atoms with Gasteiger partial charge in [-0.2, -0.15) is 0 Å². The molecule has 2 heterocycles. The first-order valence-electron chi connectivity index (χ1n) is 9.08. The molecular formula is C19H24N4O4. The molecule has 1 aliphatic rings. The second-order valence-electron chi connectivity index (χ2n) is 6.48. The Kier molecular flexibility index (Phi) is 6.05. The van der Waals surface area contributed by atoms with E-state index in [0.29, 0.717) is 23.6 Å². The number of nitrogens with zero attached hydrogens (tertiary/aromatic N) is 3. The minimum atomic E-state index is -0.265. The standard InChI is InChI=1S/C19H24N4O4/c1-13(24)14-7-8-15(16(10-14)26-2)27-12-19(25)20-11-18-22-21-17-6-4-3-5-9-23(17)18/h7-8,10H,3-6,9,11-12H2,1-2H3,(H,20,25). The molecule has 1 aromatic heterocycles. The summed E-state index contributed by atoms with van der Waals surface area (Å²) in [6.45, 7) is 2.53. The number of ether oxygens (including phenoxy) is 2. The maximum Gasteiger partial charge on any atom is 0.258 e. The van der Waals surface area contributed by atoms with Crippen molar-refractivity contribution < 1.29 is 19.1 Å². The third kappa shape index (κ3) is 4.64. The molecule has 0 unspecified atom stereocenters. The average molecular weight is 372 g/mol. The molecule has 0 fully saturated rings. The van der Waals surface area contributed by atoms with E-state index in [1.807, 2.05) is 0 Å². The zero-order chi connectivity index (χ0) is 19.2. The molecule has 1 aromatic carbocycles. The predicted molar refractivity (Wildman–Crippen MR) is 97.9 cm³/mol. The molecule has 1 N–H and O–H groups in total. The van der Waals surface area contributed by atoms with Gasteiger partial charge >= 0.3 is 0 Å². The number of benzene rings is 1. The Morgan fingerprint density at radius 2 is 2.04 bits per heavy atom. The lowest BCUT2D eigenvalue weighted by atomic mass is 10.1. The first kappa shape index (κ1) is 18.9. The van der Waals surface area contributed by atoms with Crippen molar-refractivity contribution in [3.8, 4) is 11.5 Å². The van der Waals surface area contributed by atoms with Crippen LogP contribution in [0, 0.1) is 0 Å². The second kappa shape index (κ2) is 8.66. The number of carbonyl (C=O) groups excluding carboxylic acids is 2. The molecule has 0 atom stereocenters. The lowest BCUT2D eigenvalue weighted by Crippen LogP contribution is -2.29. The number of fused-ring (bicyclic) bond motifs is 1. The van der Waals surface area contributed by atoms with Crippen LogP contribution in [0.5, 0.6) is 11.5 Å². The highest BCUT2D eigenvalue weighted by Crippen LogP contribution is 2.28. The summed E-state index contributed by atoms with van der Waals surface area (Å²) in [4.78, 5) is 23.6. The molecule has 8 nitrogen and oxygen atoms in total. The molecule has 0 radical (unpaired) electrons. The van der Waals surface area contributed by atoms with Crippen LogP contribution in [-0.2, 0) is 24.3 Å². The van der Waals surface area contributed by atoms with E-state index >= 15 is 0 Å². The van der Waals surface area contributed by atoms with E-state index in [2.05, 4.69) is 20.1 Å². The second-order valence-corrected chi connectivity index (χ2v) is 6.48. The van der Waals surface area contributed by atoms with E-state index in [0.717, 1.165) is 37.5 Å². The number of hydrogen-bond acceptors (Lipinski definition) is 6. The number of carbonyl (C=O) groups is 2. The molecule has 144 valence electrons. The zero-order valence-electron chi connectivity index (χ0n) is 15.7. The van der Waals surface area contributed by atoms with Crippen molar-refractivity contribution in [2.24, 2.45) is 0 Å². The number of nitrogens with one attached hydrogen (secondary N) is 1. The minimum absolute atomic E-state index is 0.0648.